The van der Waals surface area contributed by atoms with Gasteiger partial charge in [0.15, 0.2) is 11.8 Å². The number of pyridine rings is 1. The number of fused-ring (bicyclic) bond motifs is 6. The third-order valence-corrected chi connectivity index (χ3v) is 7.38. The minimum Gasteiger partial charge on any atom is -0.494 e. The fourth-order valence-electron chi connectivity index (χ4n) is 5.84. The van der Waals surface area contributed by atoms with Crippen molar-refractivity contribution < 1.29 is 15.0 Å². The molecule has 3 aromatic rings. The molecular weight excluding hydrogens is 390 g/mol. The SMILES string of the molecule is O=C(Nc1cccc2cccnc12)C1CCC(n2c(O)c3c(c2O)[C@H]2C=CC3C2)CC1. The van der Waals surface area contributed by atoms with Crippen LogP contribution < -0.4 is 5.32 Å². The summed E-state index contributed by atoms with van der Waals surface area (Å²) < 4.78 is 1.72. The van der Waals surface area contributed by atoms with Gasteiger partial charge >= 0.3 is 0 Å². The molecule has 1 amide bonds. The van der Waals surface area contributed by atoms with Crippen LogP contribution in [0.3, 0.4) is 0 Å². The van der Waals surface area contributed by atoms with E-state index in [4.69, 9.17) is 0 Å². The molecule has 2 aromatic heterocycles. The second-order valence-corrected chi connectivity index (χ2v) is 9.05. The molecule has 1 fully saturated rings. The number of allylic oxidation sites excluding steroid dienone is 2. The van der Waals surface area contributed by atoms with Crippen molar-refractivity contribution in [3.05, 3.63) is 59.8 Å². The van der Waals surface area contributed by atoms with E-state index >= 15 is 0 Å². The molecule has 0 spiro atoms. The molecule has 0 aliphatic heterocycles. The number of carbonyl (C=O) groups excluding carboxylic acids is 1. The summed E-state index contributed by atoms with van der Waals surface area (Å²) in [6.07, 6.45) is 9.93. The molecule has 6 nitrogen and oxygen atoms in total. The smallest absolute Gasteiger partial charge is 0.227 e. The second kappa shape index (κ2) is 6.87. The van der Waals surface area contributed by atoms with E-state index in [0.717, 1.165) is 59.8 Å². The third kappa shape index (κ3) is 2.77. The van der Waals surface area contributed by atoms with Gasteiger partial charge in [-0.25, -0.2) is 0 Å². The summed E-state index contributed by atoms with van der Waals surface area (Å²) in [5.74, 6) is 0.826. The van der Waals surface area contributed by atoms with Gasteiger partial charge in [0.25, 0.3) is 0 Å². The summed E-state index contributed by atoms with van der Waals surface area (Å²) in [6, 6.07) is 9.69. The zero-order chi connectivity index (χ0) is 21.1. The summed E-state index contributed by atoms with van der Waals surface area (Å²) in [7, 11) is 0. The maximum absolute atomic E-state index is 12.9. The number of hydrogen-bond acceptors (Lipinski definition) is 4. The van der Waals surface area contributed by atoms with Crippen molar-refractivity contribution >= 4 is 22.5 Å². The van der Waals surface area contributed by atoms with Gasteiger partial charge < -0.3 is 15.5 Å². The summed E-state index contributed by atoms with van der Waals surface area (Å²) in [5, 5.41) is 25.8. The van der Waals surface area contributed by atoms with Crippen molar-refractivity contribution in [3.8, 4) is 11.8 Å². The van der Waals surface area contributed by atoms with Crippen LogP contribution >= 0.6 is 0 Å². The lowest BCUT2D eigenvalue weighted by Gasteiger charge is -2.30. The lowest BCUT2D eigenvalue weighted by atomic mass is 9.85. The summed E-state index contributed by atoms with van der Waals surface area (Å²) in [4.78, 5) is 17.4. The van der Waals surface area contributed by atoms with E-state index in [0.29, 0.717) is 0 Å². The van der Waals surface area contributed by atoms with E-state index in [1.165, 1.54) is 0 Å². The van der Waals surface area contributed by atoms with Gasteiger partial charge in [0, 0.05) is 46.5 Å². The number of aromatic hydroxyl groups is 2. The topological polar surface area (TPSA) is 87.4 Å². The molecule has 1 unspecified atom stereocenters. The molecule has 6 rings (SSSR count). The number of hydrogen-bond donors (Lipinski definition) is 3. The Morgan fingerprint density at radius 3 is 2.35 bits per heavy atom. The normalized spacial score (nSPS) is 26.3. The standard InChI is InChI=1S/C25H25N3O3/c29-23(27-19-5-1-3-14-4-2-12-26-22(14)19)15-8-10-18(11-9-15)28-24(30)20-16-6-7-17(13-16)21(20)25(28)31/h1-7,12,15-18,30-31H,8-11,13H2,(H,27,29)/t15?,16-,17?,18?/m0/s1. The monoisotopic (exact) mass is 415 g/mol. The average Bonchev–Trinajstić information content (AvgIpc) is 3.48. The predicted molar refractivity (Wildman–Crippen MR) is 118 cm³/mol. The van der Waals surface area contributed by atoms with E-state index in [-0.39, 0.29) is 41.5 Å². The summed E-state index contributed by atoms with van der Waals surface area (Å²) in [5.41, 5.74) is 3.36. The fourth-order valence-corrected chi connectivity index (χ4v) is 5.84. The van der Waals surface area contributed by atoms with Crippen LogP contribution in [0.15, 0.2) is 48.7 Å². The van der Waals surface area contributed by atoms with Gasteiger partial charge in [0.05, 0.1) is 11.2 Å². The van der Waals surface area contributed by atoms with Gasteiger partial charge in [-0.05, 0) is 44.2 Å². The van der Waals surface area contributed by atoms with Crippen molar-refractivity contribution in [1.29, 1.82) is 0 Å². The minimum absolute atomic E-state index is 0.0160. The zero-order valence-corrected chi connectivity index (χ0v) is 17.2. The Labute approximate surface area is 180 Å². The number of nitrogens with one attached hydrogen (secondary N) is 1. The Morgan fingerprint density at radius 2 is 1.65 bits per heavy atom. The maximum Gasteiger partial charge on any atom is 0.227 e. The highest BCUT2D eigenvalue weighted by Crippen LogP contribution is 2.58. The molecule has 3 N–H and O–H groups in total. The number of benzene rings is 1. The van der Waals surface area contributed by atoms with Crippen LogP contribution in [0.4, 0.5) is 5.69 Å². The Kier molecular flexibility index (Phi) is 4.10. The van der Waals surface area contributed by atoms with Crippen molar-refractivity contribution in [1.82, 2.24) is 9.55 Å². The Balaban J connectivity index is 1.17. The highest BCUT2D eigenvalue weighted by molar-refractivity contribution is 6.01. The van der Waals surface area contributed by atoms with Crippen LogP contribution in [0.25, 0.3) is 10.9 Å². The van der Waals surface area contributed by atoms with Gasteiger partial charge in [-0.1, -0.05) is 30.4 Å². The predicted octanol–water partition coefficient (Wildman–Crippen LogP) is 4.96. The van der Waals surface area contributed by atoms with Crippen molar-refractivity contribution in [3.63, 3.8) is 0 Å². The lowest BCUT2D eigenvalue weighted by molar-refractivity contribution is -0.121. The molecule has 0 radical (unpaired) electrons. The molecule has 2 heterocycles. The Hall–Kier alpha value is -3.28. The molecule has 3 aliphatic carbocycles. The molecule has 158 valence electrons. The first kappa shape index (κ1) is 18.5. The number of rotatable bonds is 3. The molecule has 1 saturated carbocycles. The quantitative estimate of drug-likeness (QED) is 0.528. The average molecular weight is 415 g/mol. The van der Waals surface area contributed by atoms with E-state index in [9.17, 15) is 15.0 Å². The lowest BCUT2D eigenvalue weighted by Crippen LogP contribution is -2.28. The van der Waals surface area contributed by atoms with Gasteiger partial charge in [-0.3, -0.25) is 14.3 Å². The van der Waals surface area contributed by atoms with Gasteiger partial charge in [-0.15, -0.1) is 0 Å². The molecule has 6 heteroatoms. The Bertz CT molecular complexity index is 1180. The Morgan fingerprint density at radius 1 is 0.968 bits per heavy atom. The summed E-state index contributed by atoms with van der Waals surface area (Å²) >= 11 is 0. The van der Waals surface area contributed by atoms with Crippen LogP contribution in [-0.4, -0.2) is 25.7 Å². The van der Waals surface area contributed by atoms with Crippen LogP contribution in [0.2, 0.25) is 0 Å². The minimum atomic E-state index is -0.0836. The zero-order valence-electron chi connectivity index (χ0n) is 17.2. The van der Waals surface area contributed by atoms with E-state index in [1.54, 1.807) is 10.8 Å². The van der Waals surface area contributed by atoms with Crippen LogP contribution in [0.1, 0.15) is 61.1 Å². The first-order valence-corrected chi connectivity index (χ1v) is 11.1. The molecule has 2 atom stereocenters. The number of para-hydroxylation sites is 1. The molecule has 0 saturated heterocycles. The van der Waals surface area contributed by atoms with E-state index in [2.05, 4.69) is 22.5 Å². The highest BCUT2D eigenvalue weighted by Gasteiger charge is 2.42. The number of anilines is 1. The third-order valence-electron chi connectivity index (χ3n) is 7.38. The van der Waals surface area contributed by atoms with Gasteiger partial charge in [0.1, 0.15) is 0 Å². The van der Waals surface area contributed by atoms with E-state index < -0.39 is 0 Å². The first-order valence-electron chi connectivity index (χ1n) is 11.1. The van der Waals surface area contributed by atoms with Crippen LogP contribution in [0, 0.1) is 5.92 Å². The number of amides is 1. The fraction of sp³-hybridized carbons (Fsp3) is 0.360. The molecule has 2 bridgehead atoms. The van der Waals surface area contributed by atoms with Gasteiger partial charge in [-0.2, -0.15) is 0 Å². The van der Waals surface area contributed by atoms with Crippen molar-refractivity contribution in [2.75, 3.05) is 5.32 Å². The number of nitrogens with zero attached hydrogens (tertiary/aromatic N) is 2. The molecule has 31 heavy (non-hydrogen) atoms. The number of carbonyl (C=O) groups is 1. The largest absolute Gasteiger partial charge is 0.494 e. The number of aromatic nitrogens is 2. The first-order chi connectivity index (χ1) is 15.1. The van der Waals surface area contributed by atoms with Gasteiger partial charge in [0.2, 0.25) is 5.91 Å². The van der Waals surface area contributed by atoms with Crippen molar-refractivity contribution in [2.24, 2.45) is 5.92 Å². The molecular formula is C25H25N3O3. The highest BCUT2D eigenvalue weighted by atomic mass is 16.3. The maximum atomic E-state index is 12.9. The molecule has 1 aromatic carbocycles. The summed E-state index contributed by atoms with van der Waals surface area (Å²) in [6.45, 7) is 0. The van der Waals surface area contributed by atoms with Crippen molar-refractivity contribution in [2.45, 2.75) is 50.0 Å². The second-order valence-electron chi connectivity index (χ2n) is 9.05. The molecule has 3 aliphatic rings. The van der Waals surface area contributed by atoms with Crippen LogP contribution in [0.5, 0.6) is 11.8 Å². The van der Waals surface area contributed by atoms with E-state index in [1.807, 2.05) is 30.3 Å². The van der Waals surface area contributed by atoms with Crippen LogP contribution in [-0.2, 0) is 4.79 Å².